The smallest absolute Gasteiger partial charge is 0.261 e. The summed E-state index contributed by atoms with van der Waals surface area (Å²) in [6.45, 7) is 8.22. The molecule has 0 fully saturated rings. The molecule has 1 aromatic heterocycles. The van der Waals surface area contributed by atoms with Crippen LogP contribution < -0.4 is 4.74 Å². The van der Waals surface area contributed by atoms with E-state index >= 15 is 0 Å². The predicted molar refractivity (Wildman–Crippen MR) is 111 cm³/mol. The van der Waals surface area contributed by atoms with Crippen molar-refractivity contribution < 1.29 is 14.1 Å². The third-order valence-electron chi connectivity index (χ3n) is 4.69. The molecule has 0 aliphatic rings. The van der Waals surface area contributed by atoms with Crippen molar-refractivity contribution >= 4 is 5.91 Å². The minimum Gasteiger partial charge on any atom is -0.484 e. The highest BCUT2D eigenvalue weighted by molar-refractivity contribution is 5.78. The van der Waals surface area contributed by atoms with Crippen LogP contribution in [0.5, 0.6) is 5.75 Å². The van der Waals surface area contributed by atoms with Gasteiger partial charge in [-0.2, -0.15) is 4.98 Å². The lowest BCUT2D eigenvalue weighted by atomic mass is 10.1. The van der Waals surface area contributed by atoms with Crippen LogP contribution in [-0.4, -0.2) is 33.6 Å². The average molecular weight is 393 g/mol. The zero-order chi connectivity index (χ0) is 20.8. The number of aryl methyl sites for hydroxylation is 2. The molecule has 29 heavy (non-hydrogen) atoms. The van der Waals surface area contributed by atoms with Crippen molar-refractivity contribution in [3.05, 3.63) is 65.5 Å². The van der Waals surface area contributed by atoms with Crippen molar-refractivity contribution in [1.82, 2.24) is 15.0 Å². The lowest BCUT2D eigenvalue weighted by molar-refractivity contribution is -0.136. The lowest BCUT2D eigenvalue weighted by Crippen LogP contribution is -2.39. The summed E-state index contributed by atoms with van der Waals surface area (Å²) in [5.41, 5.74) is 3.24. The highest BCUT2D eigenvalue weighted by atomic mass is 16.5. The Balaban J connectivity index is 1.64. The number of amides is 1. The second-order valence-electron chi connectivity index (χ2n) is 7.28. The van der Waals surface area contributed by atoms with E-state index in [2.05, 4.69) is 17.1 Å². The van der Waals surface area contributed by atoms with Crippen molar-refractivity contribution in [2.75, 3.05) is 6.61 Å². The Morgan fingerprint density at radius 3 is 2.59 bits per heavy atom. The first-order valence-electron chi connectivity index (χ1n) is 9.87. The zero-order valence-corrected chi connectivity index (χ0v) is 17.4. The largest absolute Gasteiger partial charge is 0.484 e. The molecule has 0 atom stereocenters. The van der Waals surface area contributed by atoms with E-state index in [4.69, 9.17) is 9.26 Å². The van der Waals surface area contributed by atoms with Gasteiger partial charge in [0.25, 0.3) is 5.91 Å². The van der Waals surface area contributed by atoms with Gasteiger partial charge in [0, 0.05) is 11.6 Å². The maximum Gasteiger partial charge on any atom is 0.261 e. The molecule has 6 nitrogen and oxygen atoms in total. The summed E-state index contributed by atoms with van der Waals surface area (Å²) in [5, 5.41) is 4.05. The van der Waals surface area contributed by atoms with Crippen LogP contribution in [0, 0.1) is 6.92 Å². The summed E-state index contributed by atoms with van der Waals surface area (Å²) in [5.74, 6) is 1.47. The zero-order valence-electron chi connectivity index (χ0n) is 17.4. The highest BCUT2D eigenvalue weighted by Crippen LogP contribution is 2.18. The van der Waals surface area contributed by atoms with Gasteiger partial charge in [-0.15, -0.1) is 0 Å². The minimum atomic E-state index is -0.130. The van der Waals surface area contributed by atoms with Gasteiger partial charge < -0.3 is 14.2 Å². The molecule has 0 saturated carbocycles. The molecule has 0 radical (unpaired) electrons. The van der Waals surface area contributed by atoms with E-state index in [0.29, 0.717) is 17.5 Å². The van der Waals surface area contributed by atoms with E-state index < -0.39 is 0 Å². The van der Waals surface area contributed by atoms with E-state index in [0.717, 1.165) is 17.5 Å². The fourth-order valence-electron chi connectivity index (χ4n) is 2.97. The van der Waals surface area contributed by atoms with E-state index in [1.165, 1.54) is 5.56 Å². The first-order chi connectivity index (χ1) is 14.0. The minimum absolute atomic E-state index is 0.0251. The Hall–Kier alpha value is -3.15. The van der Waals surface area contributed by atoms with Crippen LogP contribution in [-0.2, 0) is 17.8 Å². The van der Waals surface area contributed by atoms with Crippen LogP contribution in [0.4, 0.5) is 0 Å². The average Bonchev–Trinajstić information content (AvgIpc) is 3.19. The molecule has 1 amide bonds. The van der Waals surface area contributed by atoms with Gasteiger partial charge in [0.05, 0.1) is 0 Å². The Bertz CT molecular complexity index is 948. The molecule has 0 N–H and O–H groups in total. The monoisotopic (exact) mass is 393 g/mol. The highest BCUT2D eigenvalue weighted by Gasteiger charge is 2.21. The summed E-state index contributed by atoms with van der Waals surface area (Å²) in [7, 11) is 0. The third-order valence-corrected chi connectivity index (χ3v) is 4.69. The van der Waals surface area contributed by atoms with Crippen LogP contribution in [0.1, 0.15) is 37.8 Å². The van der Waals surface area contributed by atoms with Gasteiger partial charge in [0.15, 0.2) is 6.61 Å². The quantitative estimate of drug-likeness (QED) is 0.566. The summed E-state index contributed by atoms with van der Waals surface area (Å²) < 4.78 is 11.0. The molecule has 1 heterocycles. The molecule has 0 aliphatic carbocycles. The van der Waals surface area contributed by atoms with Crippen molar-refractivity contribution in [1.29, 1.82) is 0 Å². The molecule has 0 spiro atoms. The summed E-state index contributed by atoms with van der Waals surface area (Å²) in [4.78, 5) is 18.8. The van der Waals surface area contributed by atoms with Crippen molar-refractivity contribution in [2.24, 2.45) is 0 Å². The molecule has 3 rings (SSSR count). The Labute approximate surface area is 171 Å². The molecule has 0 unspecified atom stereocenters. The Morgan fingerprint density at radius 2 is 1.93 bits per heavy atom. The van der Waals surface area contributed by atoms with Crippen molar-refractivity contribution in [3.8, 4) is 17.1 Å². The number of carbonyl (C=O) groups excluding carboxylic acids is 1. The number of nitrogens with zero attached hydrogens (tertiary/aromatic N) is 3. The van der Waals surface area contributed by atoms with E-state index in [1.54, 1.807) is 4.90 Å². The van der Waals surface area contributed by atoms with Gasteiger partial charge >= 0.3 is 0 Å². The first kappa shape index (κ1) is 20.6. The number of ether oxygens (including phenoxy) is 1. The van der Waals surface area contributed by atoms with Crippen LogP contribution >= 0.6 is 0 Å². The fraction of sp³-hybridized carbons (Fsp3) is 0.348. The summed E-state index contributed by atoms with van der Waals surface area (Å²) in [6, 6.07) is 15.7. The van der Waals surface area contributed by atoms with Gasteiger partial charge in [-0.1, -0.05) is 48.0 Å². The maximum absolute atomic E-state index is 12.7. The van der Waals surface area contributed by atoms with E-state index in [1.807, 2.05) is 69.3 Å². The number of aromatic nitrogens is 2. The van der Waals surface area contributed by atoms with Gasteiger partial charge in [-0.05, 0) is 51.0 Å². The molecule has 0 bridgehead atoms. The topological polar surface area (TPSA) is 68.5 Å². The van der Waals surface area contributed by atoms with Crippen molar-refractivity contribution in [2.45, 2.75) is 46.7 Å². The number of hydrogen-bond donors (Lipinski definition) is 0. The van der Waals surface area contributed by atoms with Crippen LogP contribution in [0.25, 0.3) is 11.4 Å². The molecular formula is C23H27N3O3. The van der Waals surface area contributed by atoms with Gasteiger partial charge in [-0.25, -0.2) is 0 Å². The van der Waals surface area contributed by atoms with Gasteiger partial charge in [0.1, 0.15) is 12.3 Å². The van der Waals surface area contributed by atoms with E-state index in [9.17, 15) is 4.79 Å². The third kappa shape index (κ3) is 5.44. The standard InChI is InChI=1S/C23H27N3O3/c1-5-18-9-11-20(12-10-18)28-15-22(27)26(16(2)3)14-21-24-23(25-29-21)19-8-6-7-17(4)13-19/h6-13,16H,5,14-15H2,1-4H3. The fourth-order valence-corrected chi connectivity index (χ4v) is 2.97. The van der Waals surface area contributed by atoms with Gasteiger partial charge in [0.2, 0.25) is 11.7 Å². The van der Waals surface area contributed by atoms with Crippen LogP contribution in [0.3, 0.4) is 0 Å². The van der Waals surface area contributed by atoms with Crippen LogP contribution in [0.15, 0.2) is 53.1 Å². The predicted octanol–water partition coefficient (Wildman–Crippen LogP) is 4.42. The maximum atomic E-state index is 12.7. The molecule has 6 heteroatoms. The van der Waals surface area contributed by atoms with Crippen molar-refractivity contribution in [3.63, 3.8) is 0 Å². The second kappa shape index (κ2) is 9.37. The lowest BCUT2D eigenvalue weighted by Gasteiger charge is -2.25. The first-order valence-corrected chi connectivity index (χ1v) is 9.87. The molecular weight excluding hydrogens is 366 g/mol. The Morgan fingerprint density at radius 1 is 1.17 bits per heavy atom. The normalized spacial score (nSPS) is 10.9. The molecule has 3 aromatic rings. The SMILES string of the molecule is CCc1ccc(OCC(=O)N(Cc2nc(-c3cccc(C)c3)no2)C(C)C)cc1. The van der Waals surface area contributed by atoms with E-state index in [-0.39, 0.29) is 25.1 Å². The summed E-state index contributed by atoms with van der Waals surface area (Å²) in [6.07, 6.45) is 0.967. The molecule has 152 valence electrons. The number of hydrogen-bond acceptors (Lipinski definition) is 5. The van der Waals surface area contributed by atoms with Gasteiger partial charge in [-0.3, -0.25) is 4.79 Å². The Kier molecular flexibility index (Phi) is 6.65. The number of benzene rings is 2. The summed E-state index contributed by atoms with van der Waals surface area (Å²) >= 11 is 0. The molecule has 2 aromatic carbocycles. The molecule has 0 aliphatic heterocycles. The number of carbonyl (C=O) groups is 1. The second-order valence-corrected chi connectivity index (χ2v) is 7.28. The number of rotatable bonds is 8. The molecule has 0 saturated heterocycles. The van der Waals surface area contributed by atoms with Crippen LogP contribution in [0.2, 0.25) is 0 Å².